The largest absolute Gasteiger partial charge is 0.324 e. The van der Waals surface area contributed by atoms with E-state index in [0.29, 0.717) is 5.92 Å². The van der Waals surface area contributed by atoms with Gasteiger partial charge in [0.05, 0.1) is 5.02 Å². The predicted molar refractivity (Wildman–Crippen MR) is 67.3 cm³/mol. The van der Waals surface area contributed by atoms with Crippen molar-refractivity contribution in [3.63, 3.8) is 0 Å². The molecule has 2 aliphatic carbocycles. The molecule has 2 fully saturated rings. The van der Waals surface area contributed by atoms with Gasteiger partial charge in [0.2, 0.25) is 0 Å². The summed E-state index contributed by atoms with van der Waals surface area (Å²) in [5, 5.41) is 0.211. The van der Waals surface area contributed by atoms with Crippen LogP contribution >= 0.6 is 11.6 Å². The number of halogens is 2. The van der Waals surface area contributed by atoms with Gasteiger partial charge in [-0.1, -0.05) is 30.2 Å². The fraction of sp³-hybridized carbons (Fsp3) is 0.571. The zero-order valence-corrected chi connectivity index (χ0v) is 10.5. The molecule has 2 aliphatic rings. The quantitative estimate of drug-likeness (QED) is 0.850. The Morgan fingerprint density at radius 2 is 2.12 bits per heavy atom. The molecule has 0 spiro atoms. The molecule has 4 atom stereocenters. The van der Waals surface area contributed by atoms with E-state index in [2.05, 4.69) is 0 Å². The van der Waals surface area contributed by atoms with Crippen LogP contribution in [-0.4, -0.2) is 0 Å². The summed E-state index contributed by atoms with van der Waals surface area (Å²) in [6.45, 7) is 0. The van der Waals surface area contributed by atoms with Gasteiger partial charge in [-0.25, -0.2) is 4.39 Å². The van der Waals surface area contributed by atoms with E-state index >= 15 is 0 Å². The Hall–Kier alpha value is -0.600. The number of fused-ring (bicyclic) bond motifs is 2. The fourth-order valence-corrected chi connectivity index (χ4v) is 3.99. The number of nitrogens with two attached hydrogens (primary N) is 1. The maximum atomic E-state index is 13.4. The Labute approximate surface area is 106 Å². The molecular weight excluding hydrogens is 237 g/mol. The molecule has 2 N–H and O–H groups in total. The molecule has 3 rings (SSSR count). The van der Waals surface area contributed by atoms with Crippen LogP contribution in [0.3, 0.4) is 0 Å². The molecular formula is C14H17ClFN. The highest BCUT2D eigenvalue weighted by Gasteiger charge is 2.42. The molecule has 0 saturated heterocycles. The van der Waals surface area contributed by atoms with Crippen LogP contribution in [0.25, 0.3) is 0 Å². The second-order valence-electron chi connectivity index (χ2n) is 5.51. The van der Waals surface area contributed by atoms with E-state index in [1.807, 2.05) is 6.07 Å². The van der Waals surface area contributed by atoms with E-state index < -0.39 is 0 Å². The Balaban J connectivity index is 1.86. The van der Waals surface area contributed by atoms with Crippen molar-refractivity contribution in [1.29, 1.82) is 0 Å². The van der Waals surface area contributed by atoms with Gasteiger partial charge in [0.1, 0.15) is 5.82 Å². The number of benzene rings is 1. The second-order valence-corrected chi connectivity index (χ2v) is 5.89. The average molecular weight is 254 g/mol. The first kappa shape index (κ1) is 11.5. The Morgan fingerprint density at radius 3 is 2.76 bits per heavy atom. The van der Waals surface area contributed by atoms with Gasteiger partial charge >= 0.3 is 0 Å². The zero-order valence-electron chi connectivity index (χ0n) is 9.70. The SMILES string of the molecule is NC(c1cccc(F)c1Cl)C1CC2CCC1C2. The van der Waals surface area contributed by atoms with Crippen molar-refractivity contribution in [3.8, 4) is 0 Å². The summed E-state index contributed by atoms with van der Waals surface area (Å²) >= 11 is 6.01. The lowest BCUT2D eigenvalue weighted by Crippen LogP contribution is -2.26. The topological polar surface area (TPSA) is 26.0 Å². The second kappa shape index (κ2) is 4.25. The third kappa shape index (κ3) is 1.88. The van der Waals surface area contributed by atoms with Crippen molar-refractivity contribution in [3.05, 3.63) is 34.6 Å². The molecule has 1 nitrogen and oxygen atoms in total. The maximum absolute atomic E-state index is 13.4. The molecule has 0 amide bonds. The van der Waals surface area contributed by atoms with Crippen LogP contribution in [0.4, 0.5) is 4.39 Å². The molecule has 92 valence electrons. The number of hydrogen-bond donors (Lipinski definition) is 1. The highest BCUT2D eigenvalue weighted by Crippen LogP contribution is 2.52. The summed E-state index contributed by atoms with van der Waals surface area (Å²) in [6, 6.07) is 4.85. The lowest BCUT2D eigenvalue weighted by atomic mass is 9.81. The molecule has 4 unspecified atom stereocenters. The van der Waals surface area contributed by atoms with Gasteiger partial charge in [-0.15, -0.1) is 0 Å². The highest BCUT2D eigenvalue weighted by molar-refractivity contribution is 6.31. The van der Waals surface area contributed by atoms with Gasteiger partial charge in [0.15, 0.2) is 0 Å². The smallest absolute Gasteiger partial charge is 0.142 e. The van der Waals surface area contributed by atoms with E-state index in [9.17, 15) is 4.39 Å². The van der Waals surface area contributed by atoms with Crippen LogP contribution in [0.5, 0.6) is 0 Å². The first-order valence-electron chi connectivity index (χ1n) is 6.36. The minimum Gasteiger partial charge on any atom is -0.324 e. The van der Waals surface area contributed by atoms with Crippen LogP contribution in [0.2, 0.25) is 5.02 Å². The highest BCUT2D eigenvalue weighted by atomic mass is 35.5. The van der Waals surface area contributed by atoms with Crippen molar-refractivity contribution >= 4 is 11.6 Å². The van der Waals surface area contributed by atoms with E-state index in [1.54, 1.807) is 6.07 Å². The van der Waals surface area contributed by atoms with E-state index in [0.717, 1.165) is 17.4 Å². The zero-order chi connectivity index (χ0) is 12.0. The van der Waals surface area contributed by atoms with Crippen LogP contribution < -0.4 is 5.73 Å². The van der Waals surface area contributed by atoms with Crippen molar-refractivity contribution in [2.24, 2.45) is 23.5 Å². The molecule has 3 heteroatoms. The van der Waals surface area contributed by atoms with E-state index in [4.69, 9.17) is 17.3 Å². The van der Waals surface area contributed by atoms with Gasteiger partial charge in [-0.2, -0.15) is 0 Å². The lowest BCUT2D eigenvalue weighted by Gasteiger charge is -2.28. The van der Waals surface area contributed by atoms with Gasteiger partial charge in [0, 0.05) is 6.04 Å². The molecule has 0 heterocycles. The fourth-order valence-electron chi connectivity index (χ4n) is 3.74. The van der Waals surface area contributed by atoms with Crippen molar-refractivity contribution in [2.75, 3.05) is 0 Å². The van der Waals surface area contributed by atoms with Crippen molar-refractivity contribution < 1.29 is 4.39 Å². The third-order valence-corrected chi connectivity index (χ3v) is 4.99. The first-order chi connectivity index (χ1) is 8.16. The Kier molecular flexibility index (Phi) is 2.87. The van der Waals surface area contributed by atoms with Gasteiger partial charge in [-0.3, -0.25) is 0 Å². The van der Waals surface area contributed by atoms with Crippen LogP contribution in [0.15, 0.2) is 18.2 Å². The molecule has 2 bridgehead atoms. The van der Waals surface area contributed by atoms with Gasteiger partial charge in [-0.05, 0) is 48.6 Å². The van der Waals surface area contributed by atoms with Gasteiger partial charge < -0.3 is 5.73 Å². The standard InChI is InChI=1S/C14H17ClFN/c15-13-10(2-1-3-12(13)16)14(17)11-7-8-4-5-9(11)6-8/h1-3,8-9,11,14H,4-7,17H2. The monoisotopic (exact) mass is 253 g/mol. The normalized spacial score (nSPS) is 33.0. The van der Waals surface area contributed by atoms with Crippen molar-refractivity contribution in [2.45, 2.75) is 31.7 Å². The third-order valence-electron chi connectivity index (χ3n) is 4.59. The van der Waals surface area contributed by atoms with Crippen LogP contribution in [0.1, 0.15) is 37.3 Å². The Morgan fingerprint density at radius 1 is 1.29 bits per heavy atom. The molecule has 0 aromatic heterocycles. The summed E-state index contributed by atoms with van der Waals surface area (Å²) in [5.74, 6) is 1.72. The minimum absolute atomic E-state index is 0.103. The van der Waals surface area contributed by atoms with E-state index in [1.165, 1.54) is 31.7 Å². The molecule has 0 radical (unpaired) electrons. The molecule has 0 aliphatic heterocycles. The summed E-state index contributed by atoms with van der Waals surface area (Å²) in [4.78, 5) is 0. The van der Waals surface area contributed by atoms with E-state index in [-0.39, 0.29) is 16.9 Å². The average Bonchev–Trinajstić information content (AvgIpc) is 2.94. The lowest BCUT2D eigenvalue weighted by molar-refractivity contribution is 0.284. The number of hydrogen-bond acceptors (Lipinski definition) is 1. The number of rotatable bonds is 2. The van der Waals surface area contributed by atoms with Gasteiger partial charge in [0.25, 0.3) is 0 Å². The maximum Gasteiger partial charge on any atom is 0.142 e. The predicted octanol–water partition coefficient (Wildman–Crippen LogP) is 3.92. The molecule has 17 heavy (non-hydrogen) atoms. The molecule has 1 aromatic carbocycles. The molecule has 2 saturated carbocycles. The van der Waals surface area contributed by atoms with Crippen molar-refractivity contribution in [1.82, 2.24) is 0 Å². The summed E-state index contributed by atoms with van der Waals surface area (Å²) in [6.07, 6.45) is 5.14. The minimum atomic E-state index is -0.359. The molecule has 1 aromatic rings. The van der Waals surface area contributed by atoms with Crippen LogP contribution in [0, 0.1) is 23.6 Å². The van der Waals surface area contributed by atoms with Crippen LogP contribution in [-0.2, 0) is 0 Å². The first-order valence-corrected chi connectivity index (χ1v) is 6.74. The summed E-state index contributed by atoms with van der Waals surface area (Å²) in [7, 11) is 0. The summed E-state index contributed by atoms with van der Waals surface area (Å²) < 4.78 is 13.4. The summed E-state index contributed by atoms with van der Waals surface area (Å²) in [5.41, 5.74) is 7.09. The Bertz CT molecular complexity index is 434.